The van der Waals surface area contributed by atoms with E-state index < -0.39 is 0 Å². The van der Waals surface area contributed by atoms with E-state index in [1.54, 1.807) is 36.7 Å². The van der Waals surface area contributed by atoms with Crippen molar-refractivity contribution in [1.29, 1.82) is 0 Å². The maximum atomic E-state index is 12.0. The van der Waals surface area contributed by atoms with Crippen molar-refractivity contribution in [3.05, 3.63) is 36.7 Å². The second-order valence-corrected chi connectivity index (χ2v) is 4.23. The monoisotopic (exact) mass is 303 g/mol. The van der Waals surface area contributed by atoms with Gasteiger partial charge in [0.25, 0.3) is 0 Å². The first-order valence-corrected chi connectivity index (χ1v) is 6.46. The Balaban J connectivity index is 2.17. The number of rotatable bonds is 5. The number of amides is 2. The Bertz CT molecular complexity index is 621. The van der Waals surface area contributed by atoms with E-state index in [4.69, 9.17) is 14.2 Å². The third-order valence-electron chi connectivity index (χ3n) is 2.86. The van der Waals surface area contributed by atoms with Gasteiger partial charge in [-0.25, -0.2) is 4.79 Å². The fourth-order valence-electron chi connectivity index (χ4n) is 1.88. The fraction of sp³-hybridized carbons (Fsp3) is 0.200. The van der Waals surface area contributed by atoms with Crippen LogP contribution in [-0.4, -0.2) is 32.3 Å². The van der Waals surface area contributed by atoms with Gasteiger partial charge in [-0.05, 0) is 12.1 Å². The third-order valence-corrected chi connectivity index (χ3v) is 2.86. The van der Waals surface area contributed by atoms with Crippen LogP contribution in [0, 0.1) is 0 Å². The number of carbonyl (C=O) groups is 1. The molecule has 1 heterocycles. The van der Waals surface area contributed by atoms with Gasteiger partial charge in [-0.3, -0.25) is 4.98 Å². The molecule has 0 fully saturated rings. The normalized spacial score (nSPS) is 9.77. The number of hydrogen-bond acceptors (Lipinski definition) is 5. The zero-order valence-corrected chi connectivity index (χ0v) is 12.5. The number of pyridine rings is 1. The molecule has 0 atom stereocenters. The summed E-state index contributed by atoms with van der Waals surface area (Å²) in [7, 11) is 4.54. The zero-order valence-electron chi connectivity index (χ0n) is 12.5. The third kappa shape index (κ3) is 3.57. The van der Waals surface area contributed by atoms with E-state index in [1.807, 2.05) is 0 Å². The lowest BCUT2D eigenvalue weighted by atomic mass is 10.2. The number of benzene rings is 1. The molecule has 0 aliphatic heterocycles. The quantitative estimate of drug-likeness (QED) is 0.887. The summed E-state index contributed by atoms with van der Waals surface area (Å²) >= 11 is 0. The van der Waals surface area contributed by atoms with E-state index in [1.165, 1.54) is 21.3 Å². The number of methoxy groups -OCH3 is 3. The fourth-order valence-corrected chi connectivity index (χ4v) is 1.88. The summed E-state index contributed by atoms with van der Waals surface area (Å²) in [5, 5.41) is 5.40. The predicted octanol–water partition coefficient (Wildman–Crippen LogP) is 2.75. The second kappa shape index (κ2) is 7.16. The van der Waals surface area contributed by atoms with Crippen LogP contribution in [-0.2, 0) is 0 Å². The molecule has 116 valence electrons. The van der Waals surface area contributed by atoms with Gasteiger partial charge in [-0.2, -0.15) is 0 Å². The van der Waals surface area contributed by atoms with Crippen LogP contribution in [0.1, 0.15) is 0 Å². The van der Waals surface area contributed by atoms with Crippen molar-refractivity contribution in [2.75, 3.05) is 32.0 Å². The average molecular weight is 303 g/mol. The molecule has 0 saturated carbocycles. The first-order valence-electron chi connectivity index (χ1n) is 6.46. The van der Waals surface area contributed by atoms with E-state index in [0.717, 1.165) is 0 Å². The standard InChI is InChI=1S/C15H17N3O4/c1-20-12-8-11(9-13(21-2)14(12)22-3)18-15(19)17-10-4-6-16-7-5-10/h4-9H,1-3H3,(H2,16,17,18,19). The van der Waals surface area contributed by atoms with Gasteiger partial charge in [0.15, 0.2) is 11.5 Å². The Labute approximate surface area is 128 Å². The second-order valence-electron chi connectivity index (χ2n) is 4.23. The summed E-state index contributed by atoms with van der Waals surface area (Å²) in [4.78, 5) is 15.9. The number of hydrogen-bond donors (Lipinski definition) is 2. The Morgan fingerprint density at radius 2 is 1.45 bits per heavy atom. The molecule has 2 amide bonds. The van der Waals surface area contributed by atoms with Crippen molar-refractivity contribution in [3.63, 3.8) is 0 Å². The van der Waals surface area contributed by atoms with Gasteiger partial charge in [0.05, 0.1) is 27.0 Å². The van der Waals surface area contributed by atoms with Gasteiger partial charge in [-0.1, -0.05) is 0 Å². The molecule has 0 spiro atoms. The molecule has 0 bridgehead atoms. The summed E-state index contributed by atoms with van der Waals surface area (Å²) < 4.78 is 15.7. The molecule has 2 rings (SSSR count). The van der Waals surface area contributed by atoms with E-state index >= 15 is 0 Å². The van der Waals surface area contributed by atoms with Crippen LogP contribution in [0.15, 0.2) is 36.7 Å². The van der Waals surface area contributed by atoms with Gasteiger partial charge >= 0.3 is 6.03 Å². The SMILES string of the molecule is COc1cc(NC(=O)Nc2ccncc2)cc(OC)c1OC. The first-order chi connectivity index (χ1) is 10.7. The Hall–Kier alpha value is -2.96. The lowest BCUT2D eigenvalue weighted by molar-refractivity contribution is 0.262. The van der Waals surface area contributed by atoms with Gasteiger partial charge < -0.3 is 24.8 Å². The van der Waals surface area contributed by atoms with Crippen LogP contribution in [0.3, 0.4) is 0 Å². The van der Waals surface area contributed by atoms with Crippen molar-refractivity contribution in [2.45, 2.75) is 0 Å². The Morgan fingerprint density at radius 3 is 1.95 bits per heavy atom. The molecule has 1 aromatic heterocycles. The van der Waals surface area contributed by atoms with E-state index in [0.29, 0.717) is 28.6 Å². The van der Waals surface area contributed by atoms with E-state index in [-0.39, 0.29) is 6.03 Å². The van der Waals surface area contributed by atoms with Crippen LogP contribution in [0.4, 0.5) is 16.2 Å². The lowest BCUT2D eigenvalue weighted by Crippen LogP contribution is -2.19. The highest BCUT2D eigenvalue weighted by Gasteiger charge is 2.14. The molecule has 0 unspecified atom stereocenters. The number of aromatic nitrogens is 1. The van der Waals surface area contributed by atoms with Crippen LogP contribution in [0.5, 0.6) is 17.2 Å². The highest BCUT2D eigenvalue weighted by molar-refractivity contribution is 6.00. The average Bonchev–Trinajstić information content (AvgIpc) is 2.54. The summed E-state index contributed by atoms with van der Waals surface area (Å²) in [5.41, 5.74) is 1.15. The number of anilines is 2. The van der Waals surface area contributed by atoms with Crippen molar-refractivity contribution in [3.8, 4) is 17.2 Å². The van der Waals surface area contributed by atoms with Crippen molar-refractivity contribution in [1.82, 2.24) is 4.98 Å². The first kappa shape index (κ1) is 15.4. The van der Waals surface area contributed by atoms with Crippen LogP contribution in [0.25, 0.3) is 0 Å². The van der Waals surface area contributed by atoms with Crippen molar-refractivity contribution < 1.29 is 19.0 Å². The topological polar surface area (TPSA) is 81.7 Å². The Kier molecular flexibility index (Phi) is 5.02. The molecular weight excluding hydrogens is 286 g/mol. The lowest BCUT2D eigenvalue weighted by Gasteiger charge is -2.14. The summed E-state index contributed by atoms with van der Waals surface area (Å²) in [6.07, 6.45) is 3.18. The maximum Gasteiger partial charge on any atom is 0.323 e. The molecule has 7 nitrogen and oxygen atoms in total. The summed E-state index contributed by atoms with van der Waals surface area (Å²) in [5.74, 6) is 1.38. The number of nitrogens with zero attached hydrogens (tertiary/aromatic N) is 1. The maximum absolute atomic E-state index is 12.0. The number of nitrogens with one attached hydrogen (secondary N) is 2. The minimum Gasteiger partial charge on any atom is -0.493 e. The zero-order chi connectivity index (χ0) is 15.9. The molecule has 0 radical (unpaired) electrons. The van der Waals surface area contributed by atoms with Crippen LogP contribution >= 0.6 is 0 Å². The summed E-state index contributed by atoms with van der Waals surface area (Å²) in [6, 6.07) is 6.28. The summed E-state index contributed by atoms with van der Waals surface area (Å²) in [6.45, 7) is 0. The molecule has 7 heteroatoms. The highest BCUT2D eigenvalue weighted by Crippen LogP contribution is 2.39. The number of urea groups is 1. The van der Waals surface area contributed by atoms with Crippen LogP contribution in [0.2, 0.25) is 0 Å². The Morgan fingerprint density at radius 1 is 0.909 bits per heavy atom. The molecule has 0 aliphatic carbocycles. The van der Waals surface area contributed by atoms with E-state index in [2.05, 4.69) is 15.6 Å². The van der Waals surface area contributed by atoms with Crippen molar-refractivity contribution >= 4 is 17.4 Å². The molecule has 1 aromatic carbocycles. The van der Waals surface area contributed by atoms with Gasteiger partial charge in [-0.15, -0.1) is 0 Å². The smallest absolute Gasteiger partial charge is 0.323 e. The van der Waals surface area contributed by atoms with Crippen LogP contribution < -0.4 is 24.8 Å². The van der Waals surface area contributed by atoms with Gasteiger partial charge in [0.2, 0.25) is 5.75 Å². The van der Waals surface area contributed by atoms with E-state index in [9.17, 15) is 4.79 Å². The molecule has 0 saturated heterocycles. The highest BCUT2D eigenvalue weighted by atomic mass is 16.5. The predicted molar refractivity (Wildman–Crippen MR) is 83.0 cm³/mol. The van der Waals surface area contributed by atoms with Gasteiger partial charge in [0, 0.05) is 30.2 Å². The molecule has 2 N–H and O–H groups in total. The number of ether oxygens (including phenoxy) is 3. The molecular formula is C15H17N3O4. The van der Waals surface area contributed by atoms with Gasteiger partial charge in [0.1, 0.15) is 0 Å². The minimum atomic E-state index is -0.388. The molecule has 22 heavy (non-hydrogen) atoms. The van der Waals surface area contributed by atoms with Crippen molar-refractivity contribution in [2.24, 2.45) is 0 Å². The molecule has 2 aromatic rings. The number of carbonyl (C=O) groups excluding carboxylic acids is 1. The molecule has 0 aliphatic rings. The largest absolute Gasteiger partial charge is 0.493 e. The minimum absolute atomic E-state index is 0.388.